The van der Waals surface area contributed by atoms with E-state index in [1.807, 2.05) is 24.3 Å². The second-order valence-corrected chi connectivity index (χ2v) is 6.20. The number of oxazole rings is 1. The molecule has 2 heterocycles. The number of hydrogen-bond acceptors (Lipinski definition) is 4. The van der Waals surface area contributed by atoms with Crippen LogP contribution < -0.4 is 4.90 Å². The zero-order valence-electron chi connectivity index (χ0n) is 11.5. The normalized spacial score (nSPS) is 23.5. The lowest BCUT2D eigenvalue weighted by Gasteiger charge is -2.28. The third-order valence-electron chi connectivity index (χ3n) is 3.69. The fourth-order valence-corrected chi connectivity index (χ4v) is 2.86. The zero-order valence-corrected chi connectivity index (χ0v) is 11.5. The fraction of sp³-hybridized carbons (Fsp3) is 0.533. The third-order valence-corrected chi connectivity index (χ3v) is 3.69. The molecule has 102 valence electrons. The molecule has 1 aromatic heterocycles. The van der Waals surface area contributed by atoms with Gasteiger partial charge in [-0.2, -0.15) is 4.98 Å². The Morgan fingerprint density at radius 3 is 2.95 bits per heavy atom. The second-order valence-electron chi connectivity index (χ2n) is 6.20. The third kappa shape index (κ3) is 2.59. The van der Waals surface area contributed by atoms with Crippen molar-refractivity contribution < 1.29 is 9.52 Å². The van der Waals surface area contributed by atoms with E-state index in [1.165, 1.54) is 0 Å². The molecule has 1 unspecified atom stereocenters. The van der Waals surface area contributed by atoms with Gasteiger partial charge < -0.3 is 14.4 Å². The number of anilines is 1. The van der Waals surface area contributed by atoms with E-state index in [0.29, 0.717) is 6.01 Å². The van der Waals surface area contributed by atoms with Gasteiger partial charge in [-0.1, -0.05) is 26.0 Å². The predicted octanol–water partition coefficient (Wildman–Crippen LogP) is 2.82. The molecule has 1 fully saturated rings. The van der Waals surface area contributed by atoms with Crippen molar-refractivity contribution in [2.75, 3.05) is 18.0 Å². The van der Waals surface area contributed by atoms with Crippen LogP contribution in [0.5, 0.6) is 0 Å². The van der Waals surface area contributed by atoms with Gasteiger partial charge in [-0.15, -0.1) is 0 Å². The van der Waals surface area contributed by atoms with E-state index in [4.69, 9.17) is 4.42 Å². The van der Waals surface area contributed by atoms with Crippen molar-refractivity contribution in [1.82, 2.24) is 4.98 Å². The molecule has 1 aliphatic heterocycles. The van der Waals surface area contributed by atoms with Crippen LogP contribution in [0.1, 0.15) is 26.7 Å². The van der Waals surface area contributed by atoms with Crippen molar-refractivity contribution >= 4 is 17.1 Å². The Hall–Kier alpha value is -1.55. The van der Waals surface area contributed by atoms with Gasteiger partial charge in [0.1, 0.15) is 5.52 Å². The topological polar surface area (TPSA) is 49.5 Å². The molecular formula is C15H20N2O2. The van der Waals surface area contributed by atoms with E-state index in [-0.39, 0.29) is 11.5 Å². The van der Waals surface area contributed by atoms with Gasteiger partial charge in [0, 0.05) is 13.1 Å². The van der Waals surface area contributed by atoms with Crippen molar-refractivity contribution in [3.05, 3.63) is 24.3 Å². The largest absolute Gasteiger partial charge is 0.423 e. The molecule has 2 aromatic rings. The van der Waals surface area contributed by atoms with E-state index >= 15 is 0 Å². The maximum absolute atomic E-state index is 9.95. The van der Waals surface area contributed by atoms with Crippen LogP contribution in [0.25, 0.3) is 11.1 Å². The van der Waals surface area contributed by atoms with E-state index in [0.717, 1.165) is 37.0 Å². The number of nitrogens with zero attached hydrogens (tertiary/aromatic N) is 2. The maximum atomic E-state index is 9.95. The summed E-state index contributed by atoms with van der Waals surface area (Å²) in [7, 11) is 0. The Bertz CT molecular complexity index is 543. The number of aliphatic hydroxyl groups is 1. The molecular weight excluding hydrogens is 240 g/mol. The molecule has 1 saturated heterocycles. The molecule has 0 saturated carbocycles. The van der Waals surface area contributed by atoms with Gasteiger partial charge in [-0.05, 0) is 30.4 Å². The zero-order chi connectivity index (χ0) is 13.5. The number of aliphatic hydroxyl groups excluding tert-OH is 1. The minimum absolute atomic E-state index is 0.0660. The standard InChI is InChI=1S/C15H20N2O2/c1-15(2)9-11(18)7-8-17(10-15)14-16-12-5-3-4-6-13(12)19-14/h3-6,11,18H,7-10H2,1-2H3. The van der Waals surface area contributed by atoms with Crippen molar-refractivity contribution in [3.63, 3.8) is 0 Å². The van der Waals surface area contributed by atoms with Crippen LogP contribution >= 0.6 is 0 Å². The number of para-hydroxylation sites is 2. The van der Waals surface area contributed by atoms with Crippen molar-refractivity contribution in [1.29, 1.82) is 0 Å². The van der Waals surface area contributed by atoms with Gasteiger partial charge in [0.15, 0.2) is 5.58 Å². The Kier molecular flexibility index (Phi) is 2.97. The molecule has 1 atom stereocenters. The Morgan fingerprint density at radius 2 is 2.16 bits per heavy atom. The highest BCUT2D eigenvalue weighted by molar-refractivity contribution is 5.74. The van der Waals surface area contributed by atoms with E-state index in [9.17, 15) is 5.11 Å². The summed E-state index contributed by atoms with van der Waals surface area (Å²) in [6.45, 7) is 6.00. The van der Waals surface area contributed by atoms with Crippen molar-refractivity contribution in [2.24, 2.45) is 5.41 Å². The fourth-order valence-electron chi connectivity index (χ4n) is 2.86. The lowest BCUT2D eigenvalue weighted by molar-refractivity contribution is 0.123. The van der Waals surface area contributed by atoms with Crippen LogP contribution in [0.4, 0.5) is 6.01 Å². The van der Waals surface area contributed by atoms with Gasteiger partial charge in [0.2, 0.25) is 0 Å². The molecule has 0 bridgehead atoms. The van der Waals surface area contributed by atoms with Crippen molar-refractivity contribution in [2.45, 2.75) is 32.8 Å². The summed E-state index contributed by atoms with van der Waals surface area (Å²) in [6.07, 6.45) is 1.36. The average molecular weight is 260 g/mol. The number of hydrogen-bond donors (Lipinski definition) is 1. The van der Waals surface area contributed by atoms with Crippen LogP contribution in [0.2, 0.25) is 0 Å². The van der Waals surface area contributed by atoms with Gasteiger partial charge in [-0.25, -0.2) is 0 Å². The summed E-state index contributed by atoms with van der Waals surface area (Å²) >= 11 is 0. The SMILES string of the molecule is CC1(C)CC(O)CCN(c2nc3ccccc3o2)C1. The van der Waals surface area contributed by atoms with Crippen LogP contribution in [0, 0.1) is 5.41 Å². The molecule has 19 heavy (non-hydrogen) atoms. The molecule has 4 heteroatoms. The number of benzene rings is 1. The summed E-state index contributed by atoms with van der Waals surface area (Å²) in [5.41, 5.74) is 1.77. The molecule has 0 amide bonds. The maximum Gasteiger partial charge on any atom is 0.298 e. The minimum atomic E-state index is -0.232. The van der Waals surface area contributed by atoms with Crippen LogP contribution in [0.15, 0.2) is 28.7 Å². The first-order valence-corrected chi connectivity index (χ1v) is 6.82. The second kappa shape index (κ2) is 4.53. The van der Waals surface area contributed by atoms with Crippen molar-refractivity contribution in [3.8, 4) is 0 Å². The predicted molar refractivity (Wildman–Crippen MR) is 75.2 cm³/mol. The lowest BCUT2D eigenvalue weighted by atomic mass is 9.87. The monoisotopic (exact) mass is 260 g/mol. The highest BCUT2D eigenvalue weighted by atomic mass is 16.4. The summed E-state index contributed by atoms with van der Waals surface area (Å²) in [6, 6.07) is 8.48. The van der Waals surface area contributed by atoms with Crippen LogP contribution in [-0.4, -0.2) is 29.3 Å². The summed E-state index contributed by atoms with van der Waals surface area (Å²) < 4.78 is 5.82. The minimum Gasteiger partial charge on any atom is -0.423 e. The Morgan fingerprint density at radius 1 is 1.37 bits per heavy atom. The molecule has 1 aromatic carbocycles. The smallest absolute Gasteiger partial charge is 0.298 e. The molecule has 4 nitrogen and oxygen atoms in total. The van der Waals surface area contributed by atoms with Crippen LogP contribution in [0.3, 0.4) is 0 Å². The number of rotatable bonds is 1. The first kappa shape index (κ1) is 12.5. The average Bonchev–Trinajstić information content (AvgIpc) is 2.71. The van der Waals surface area contributed by atoms with E-state index < -0.39 is 0 Å². The van der Waals surface area contributed by atoms with Crippen LogP contribution in [-0.2, 0) is 0 Å². The highest BCUT2D eigenvalue weighted by Gasteiger charge is 2.31. The summed E-state index contributed by atoms with van der Waals surface area (Å²) in [4.78, 5) is 6.70. The number of fused-ring (bicyclic) bond motifs is 1. The van der Waals surface area contributed by atoms with Gasteiger partial charge in [-0.3, -0.25) is 0 Å². The molecule has 1 N–H and O–H groups in total. The first-order valence-electron chi connectivity index (χ1n) is 6.82. The molecule has 0 aliphatic carbocycles. The van der Waals surface area contributed by atoms with E-state index in [1.54, 1.807) is 0 Å². The Balaban J connectivity index is 1.91. The molecule has 0 spiro atoms. The van der Waals surface area contributed by atoms with Gasteiger partial charge in [0.05, 0.1) is 6.10 Å². The molecule has 3 rings (SSSR count). The quantitative estimate of drug-likeness (QED) is 0.856. The number of aromatic nitrogens is 1. The highest BCUT2D eigenvalue weighted by Crippen LogP contribution is 2.31. The summed E-state index contributed by atoms with van der Waals surface area (Å²) in [5.74, 6) is 0. The summed E-state index contributed by atoms with van der Waals surface area (Å²) in [5, 5.41) is 9.95. The first-order chi connectivity index (χ1) is 9.03. The van der Waals surface area contributed by atoms with Gasteiger partial charge in [0.25, 0.3) is 6.01 Å². The molecule has 1 aliphatic rings. The molecule has 0 radical (unpaired) electrons. The van der Waals surface area contributed by atoms with E-state index in [2.05, 4.69) is 23.7 Å². The Labute approximate surface area is 113 Å². The van der Waals surface area contributed by atoms with Gasteiger partial charge >= 0.3 is 0 Å². The lowest BCUT2D eigenvalue weighted by Crippen LogP contribution is -2.32.